The number of hydrogen-bond donors (Lipinski definition) is 0. The molecule has 0 radical (unpaired) electrons. The Morgan fingerprint density at radius 2 is 0.678 bits per heavy atom. The maximum atomic E-state index is 5.10. The van der Waals surface area contributed by atoms with E-state index in [0.717, 1.165) is 45.0 Å². The number of para-hydroxylation sites is 3. The van der Waals surface area contributed by atoms with Crippen LogP contribution >= 0.6 is 0 Å². The van der Waals surface area contributed by atoms with Gasteiger partial charge in [0.1, 0.15) is 5.82 Å². The first-order valence-corrected chi connectivity index (χ1v) is 20.1. The van der Waals surface area contributed by atoms with Crippen LogP contribution in [-0.2, 0) is 0 Å². The van der Waals surface area contributed by atoms with E-state index in [0.29, 0.717) is 0 Å². The lowest BCUT2D eigenvalue weighted by molar-refractivity contribution is 1.09. The van der Waals surface area contributed by atoms with Gasteiger partial charge in [-0.25, -0.2) is 4.98 Å². The van der Waals surface area contributed by atoms with Crippen molar-refractivity contribution >= 4 is 54.6 Å². The van der Waals surface area contributed by atoms with Crippen LogP contribution in [0.2, 0.25) is 0 Å². The molecule has 276 valence electrons. The van der Waals surface area contributed by atoms with Crippen LogP contribution in [0.25, 0.3) is 105 Å². The minimum absolute atomic E-state index is 0.927. The molecular weight excluding hydrogens is 717 g/mol. The predicted molar refractivity (Wildman–Crippen MR) is 246 cm³/mol. The normalized spacial score (nSPS) is 11.7. The highest BCUT2D eigenvalue weighted by molar-refractivity contribution is 6.20. The molecule has 4 nitrogen and oxygen atoms in total. The van der Waals surface area contributed by atoms with E-state index in [9.17, 15) is 0 Å². The Bertz CT molecular complexity index is 3510. The quantitative estimate of drug-likeness (QED) is 0.166. The van der Waals surface area contributed by atoms with E-state index in [1.54, 1.807) is 0 Å². The molecule has 12 aromatic rings. The van der Waals surface area contributed by atoms with E-state index < -0.39 is 0 Å². The van der Waals surface area contributed by atoms with Crippen molar-refractivity contribution in [2.45, 2.75) is 0 Å². The summed E-state index contributed by atoms with van der Waals surface area (Å²) >= 11 is 0. The monoisotopic (exact) mass is 752 g/mol. The Hall–Kier alpha value is -7.95. The van der Waals surface area contributed by atoms with Crippen molar-refractivity contribution in [2.75, 3.05) is 0 Å². The lowest BCUT2D eigenvalue weighted by Crippen LogP contribution is -1.99. The molecule has 0 aliphatic heterocycles. The summed E-state index contributed by atoms with van der Waals surface area (Å²) in [4.78, 5) is 5.10. The molecule has 0 saturated carbocycles. The SMILES string of the molecule is c1ccc(-c2ccc3c(c2)c2cc4c5cc(-c6ccccc6)ccc5n(-c5ccc(-n6c(-c7ccccc7)nc7ccccc76)cc5)c4cc2n3-c2ccccc2)cc1. The number of fused-ring (bicyclic) bond motifs is 7. The fourth-order valence-corrected chi connectivity index (χ4v) is 9.10. The number of rotatable bonds is 6. The zero-order valence-electron chi connectivity index (χ0n) is 32.1. The smallest absolute Gasteiger partial charge is 0.145 e. The lowest BCUT2D eigenvalue weighted by Gasteiger charge is -2.13. The van der Waals surface area contributed by atoms with E-state index in [-0.39, 0.29) is 0 Å². The molecule has 3 heterocycles. The van der Waals surface area contributed by atoms with Gasteiger partial charge in [-0.05, 0) is 107 Å². The third-order valence-corrected chi connectivity index (χ3v) is 11.8. The molecule has 3 aromatic heterocycles. The molecule has 0 unspecified atom stereocenters. The lowest BCUT2D eigenvalue weighted by atomic mass is 10.0. The van der Waals surface area contributed by atoms with Crippen LogP contribution in [0, 0.1) is 0 Å². The molecule has 9 aromatic carbocycles. The number of hydrogen-bond acceptors (Lipinski definition) is 1. The largest absolute Gasteiger partial charge is 0.309 e. The first-order chi connectivity index (χ1) is 29.3. The van der Waals surface area contributed by atoms with Gasteiger partial charge in [-0.3, -0.25) is 4.57 Å². The first-order valence-electron chi connectivity index (χ1n) is 20.1. The third-order valence-electron chi connectivity index (χ3n) is 11.8. The predicted octanol–water partition coefficient (Wildman–Crippen LogP) is 14.2. The Kier molecular flexibility index (Phi) is 7.50. The molecular formula is C55H36N4. The van der Waals surface area contributed by atoms with Crippen LogP contribution in [0.5, 0.6) is 0 Å². The van der Waals surface area contributed by atoms with Crippen LogP contribution < -0.4 is 0 Å². The molecule has 0 N–H and O–H groups in total. The van der Waals surface area contributed by atoms with Gasteiger partial charge < -0.3 is 9.13 Å². The molecule has 0 fully saturated rings. The highest BCUT2D eigenvalue weighted by Crippen LogP contribution is 2.42. The van der Waals surface area contributed by atoms with Crippen LogP contribution in [0.4, 0.5) is 0 Å². The van der Waals surface area contributed by atoms with Crippen molar-refractivity contribution < 1.29 is 0 Å². The van der Waals surface area contributed by atoms with Crippen LogP contribution in [0.1, 0.15) is 0 Å². The summed E-state index contributed by atoms with van der Waals surface area (Å²) in [6.45, 7) is 0. The molecule has 12 rings (SSSR count). The Balaban J connectivity index is 1.12. The van der Waals surface area contributed by atoms with Gasteiger partial charge in [-0.15, -0.1) is 0 Å². The number of imidazole rings is 1. The minimum Gasteiger partial charge on any atom is -0.309 e. The Labute approximate surface area is 341 Å². The second kappa shape index (κ2) is 13.3. The number of aromatic nitrogens is 4. The van der Waals surface area contributed by atoms with Crippen molar-refractivity contribution in [3.63, 3.8) is 0 Å². The van der Waals surface area contributed by atoms with E-state index in [1.807, 2.05) is 0 Å². The van der Waals surface area contributed by atoms with Gasteiger partial charge in [0, 0.05) is 44.2 Å². The van der Waals surface area contributed by atoms with Gasteiger partial charge in [-0.1, -0.05) is 133 Å². The van der Waals surface area contributed by atoms with Gasteiger partial charge in [0.15, 0.2) is 0 Å². The standard InChI is InChI=1S/C55H36N4/c1-5-15-37(16-6-1)40-25-31-50-45(33-40)47-35-48-46-34-41(38-17-7-2-8-18-38)26-32-51(46)58(54(48)36-53(47)57(50)42-21-11-4-12-22-42)43-27-29-44(30-28-43)59-52-24-14-13-23-49(52)56-55(59)39-19-9-3-10-20-39/h1-36H. The summed E-state index contributed by atoms with van der Waals surface area (Å²) in [6, 6.07) is 78.6. The highest BCUT2D eigenvalue weighted by atomic mass is 15.1. The summed E-state index contributed by atoms with van der Waals surface area (Å²) in [6.07, 6.45) is 0. The summed E-state index contributed by atoms with van der Waals surface area (Å²) in [5.41, 5.74) is 15.9. The third kappa shape index (κ3) is 5.34. The zero-order chi connectivity index (χ0) is 38.9. The molecule has 0 saturated heterocycles. The van der Waals surface area contributed by atoms with Crippen LogP contribution in [-0.4, -0.2) is 18.7 Å². The number of nitrogens with zero attached hydrogens (tertiary/aromatic N) is 4. The second-order valence-corrected chi connectivity index (χ2v) is 15.2. The van der Waals surface area contributed by atoms with Crippen molar-refractivity contribution in [2.24, 2.45) is 0 Å². The molecule has 0 aliphatic rings. The molecule has 0 aliphatic carbocycles. The molecule has 59 heavy (non-hydrogen) atoms. The fourth-order valence-electron chi connectivity index (χ4n) is 9.10. The van der Waals surface area contributed by atoms with E-state index in [1.165, 1.54) is 60.3 Å². The fraction of sp³-hybridized carbons (Fsp3) is 0. The summed E-state index contributed by atoms with van der Waals surface area (Å²) in [5, 5.41) is 4.91. The molecule has 0 bridgehead atoms. The molecule has 0 atom stereocenters. The van der Waals surface area contributed by atoms with Crippen molar-refractivity contribution in [1.29, 1.82) is 0 Å². The van der Waals surface area contributed by atoms with E-state index in [2.05, 4.69) is 232 Å². The van der Waals surface area contributed by atoms with Gasteiger partial charge >= 0.3 is 0 Å². The highest BCUT2D eigenvalue weighted by Gasteiger charge is 2.21. The van der Waals surface area contributed by atoms with Gasteiger partial charge in [0.2, 0.25) is 0 Å². The average Bonchev–Trinajstić information content (AvgIpc) is 3.96. The summed E-state index contributed by atoms with van der Waals surface area (Å²) in [5.74, 6) is 0.927. The topological polar surface area (TPSA) is 27.7 Å². The van der Waals surface area contributed by atoms with Crippen LogP contribution in [0.15, 0.2) is 218 Å². The van der Waals surface area contributed by atoms with Gasteiger partial charge in [0.25, 0.3) is 0 Å². The van der Waals surface area contributed by atoms with Gasteiger partial charge in [-0.2, -0.15) is 0 Å². The Morgan fingerprint density at radius 3 is 1.22 bits per heavy atom. The van der Waals surface area contributed by atoms with Crippen molar-refractivity contribution in [3.8, 4) is 50.7 Å². The van der Waals surface area contributed by atoms with Crippen molar-refractivity contribution in [1.82, 2.24) is 18.7 Å². The molecule has 0 spiro atoms. The second-order valence-electron chi connectivity index (χ2n) is 15.2. The van der Waals surface area contributed by atoms with Crippen LogP contribution in [0.3, 0.4) is 0 Å². The number of benzene rings is 9. The Morgan fingerprint density at radius 1 is 0.254 bits per heavy atom. The van der Waals surface area contributed by atoms with E-state index in [4.69, 9.17) is 4.98 Å². The maximum absolute atomic E-state index is 5.10. The summed E-state index contributed by atoms with van der Waals surface area (Å²) in [7, 11) is 0. The van der Waals surface area contributed by atoms with Gasteiger partial charge in [0.05, 0.1) is 33.1 Å². The molecule has 4 heteroatoms. The molecule has 0 amide bonds. The first kappa shape index (κ1) is 33.2. The maximum Gasteiger partial charge on any atom is 0.145 e. The zero-order valence-corrected chi connectivity index (χ0v) is 32.1. The average molecular weight is 753 g/mol. The minimum atomic E-state index is 0.927. The van der Waals surface area contributed by atoms with Crippen molar-refractivity contribution in [3.05, 3.63) is 218 Å². The summed E-state index contributed by atoms with van der Waals surface area (Å²) < 4.78 is 7.14. The van der Waals surface area contributed by atoms with E-state index >= 15 is 0 Å².